The Hall–Kier alpha value is -0.870. The quantitative estimate of drug-likeness (QED) is 0.771. The van der Waals surface area contributed by atoms with Gasteiger partial charge in [0.15, 0.2) is 9.84 Å². The van der Waals surface area contributed by atoms with Crippen LogP contribution < -0.4 is 0 Å². The van der Waals surface area contributed by atoms with Crippen molar-refractivity contribution in [3.05, 3.63) is 29.8 Å². The van der Waals surface area contributed by atoms with Crippen molar-refractivity contribution in [2.24, 2.45) is 0 Å². The third-order valence-corrected chi connectivity index (χ3v) is 4.02. The maximum Gasteiger partial charge on any atom is 0.175 e. The maximum absolute atomic E-state index is 11.2. The molecule has 0 bridgehead atoms. The van der Waals surface area contributed by atoms with Crippen LogP contribution in [0.15, 0.2) is 29.2 Å². The summed E-state index contributed by atoms with van der Waals surface area (Å²) in [4.78, 5) is 0.356. The zero-order valence-electron chi connectivity index (χ0n) is 8.86. The monoisotopic (exact) mass is 226 g/mol. The Labute approximate surface area is 90.0 Å². The summed E-state index contributed by atoms with van der Waals surface area (Å²) >= 11 is 0. The molecule has 1 aromatic rings. The van der Waals surface area contributed by atoms with Crippen LogP contribution in [0.5, 0.6) is 0 Å². The Balaban J connectivity index is 2.32. The van der Waals surface area contributed by atoms with Crippen LogP contribution in [0.1, 0.15) is 18.9 Å². The van der Waals surface area contributed by atoms with Crippen LogP contribution in [0.25, 0.3) is 0 Å². The first kappa shape index (κ1) is 10.6. The van der Waals surface area contributed by atoms with E-state index in [4.69, 9.17) is 4.74 Å². The minimum atomic E-state index is -3.09. The lowest BCUT2D eigenvalue weighted by molar-refractivity contribution is -0.140. The molecule has 0 aromatic heterocycles. The molecule has 0 N–H and O–H groups in total. The molecule has 82 valence electrons. The van der Waals surface area contributed by atoms with Crippen LogP contribution in [0, 0.1) is 0 Å². The molecule has 4 heteroatoms. The van der Waals surface area contributed by atoms with Crippen molar-refractivity contribution in [2.75, 3.05) is 12.9 Å². The van der Waals surface area contributed by atoms with Gasteiger partial charge in [-0.15, -0.1) is 0 Å². The Morgan fingerprint density at radius 2 is 1.80 bits per heavy atom. The van der Waals surface area contributed by atoms with Gasteiger partial charge in [-0.1, -0.05) is 12.1 Å². The van der Waals surface area contributed by atoms with Gasteiger partial charge in [-0.25, -0.2) is 8.42 Å². The molecule has 1 fully saturated rings. The molecule has 1 atom stereocenters. The second-order valence-electron chi connectivity index (χ2n) is 4.13. The molecular formula is C11H14O3S. The smallest absolute Gasteiger partial charge is 0.175 e. The summed E-state index contributed by atoms with van der Waals surface area (Å²) in [5.74, 6) is 0. The first-order valence-corrected chi connectivity index (χ1v) is 6.75. The number of benzene rings is 1. The summed E-state index contributed by atoms with van der Waals surface area (Å²) in [5, 5.41) is 0. The zero-order chi connectivity index (χ0) is 11.1. The summed E-state index contributed by atoms with van der Waals surface area (Å²) < 4.78 is 28.0. The van der Waals surface area contributed by atoms with E-state index < -0.39 is 9.84 Å². The lowest BCUT2D eigenvalue weighted by Crippen LogP contribution is -2.37. The average Bonchev–Trinajstić information content (AvgIpc) is 2.13. The minimum absolute atomic E-state index is 0.212. The van der Waals surface area contributed by atoms with E-state index in [2.05, 4.69) is 0 Å². The van der Waals surface area contributed by atoms with Crippen molar-refractivity contribution in [1.29, 1.82) is 0 Å². The topological polar surface area (TPSA) is 43.4 Å². The Kier molecular flexibility index (Phi) is 2.35. The highest BCUT2D eigenvalue weighted by Crippen LogP contribution is 2.36. The van der Waals surface area contributed by atoms with E-state index in [-0.39, 0.29) is 5.60 Å². The summed E-state index contributed by atoms with van der Waals surface area (Å²) in [6.45, 7) is 2.80. The molecule has 0 spiro atoms. The predicted molar refractivity (Wildman–Crippen MR) is 57.5 cm³/mol. The average molecular weight is 226 g/mol. The molecule has 1 heterocycles. The SMILES string of the molecule is CC1(c2ccc(S(C)(=O)=O)cc2)CCO1. The first-order chi connectivity index (χ1) is 6.92. The lowest BCUT2D eigenvalue weighted by atomic mass is 9.89. The van der Waals surface area contributed by atoms with Gasteiger partial charge < -0.3 is 4.74 Å². The predicted octanol–water partition coefficient (Wildman–Crippen LogP) is 1.73. The van der Waals surface area contributed by atoms with Crippen molar-refractivity contribution in [3.8, 4) is 0 Å². The van der Waals surface area contributed by atoms with Crippen LogP contribution in [-0.2, 0) is 20.2 Å². The van der Waals surface area contributed by atoms with Crippen molar-refractivity contribution >= 4 is 9.84 Å². The fourth-order valence-electron chi connectivity index (χ4n) is 1.69. The highest BCUT2D eigenvalue weighted by atomic mass is 32.2. The van der Waals surface area contributed by atoms with E-state index in [9.17, 15) is 8.42 Å². The van der Waals surface area contributed by atoms with Crippen LogP contribution in [0.2, 0.25) is 0 Å². The van der Waals surface area contributed by atoms with Gasteiger partial charge >= 0.3 is 0 Å². The van der Waals surface area contributed by atoms with Crippen molar-refractivity contribution < 1.29 is 13.2 Å². The minimum Gasteiger partial charge on any atom is -0.370 e. The van der Waals surface area contributed by atoms with E-state index >= 15 is 0 Å². The van der Waals surface area contributed by atoms with E-state index in [1.54, 1.807) is 12.1 Å². The second-order valence-corrected chi connectivity index (χ2v) is 6.14. The Morgan fingerprint density at radius 1 is 1.27 bits per heavy atom. The fourth-order valence-corrected chi connectivity index (χ4v) is 2.32. The van der Waals surface area contributed by atoms with E-state index in [0.717, 1.165) is 18.6 Å². The van der Waals surface area contributed by atoms with E-state index in [1.807, 2.05) is 19.1 Å². The molecule has 1 aliphatic heterocycles. The first-order valence-electron chi connectivity index (χ1n) is 4.86. The Bertz CT molecular complexity index is 455. The molecule has 3 nitrogen and oxygen atoms in total. The van der Waals surface area contributed by atoms with Crippen molar-refractivity contribution in [2.45, 2.75) is 23.8 Å². The molecule has 1 aromatic carbocycles. The van der Waals surface area contributed by atoms with E-state index in [1.165, 1.54) is 6.26 Å². The van der Waals surface area contributed by atoms with Crippen LogP contribution >= 0.6 is 0 Å². The fraction of sp³-hybridized carbons (Fsp3) is 0.455. The molecule has 1 aliphatic rings. The molecular weight excluding hydrogens is 212 g/mol. The normalized spacial score (nSPS) is 26.0. The number of hydrogen-bond donors (Lipinski definition) is 0. The molecule has 0 aliphatic carbocycles. The maximum atomic E-state index is 11.2. The van der Waals surface area contributed by atoms with Crippen LogP contribution in [0.4, 0.5) is 0 Å². The third kappa shape index (κ3) is 1.92. The van der Waals surface area contributed by atoms with Gasteiger partial charge in [-0.3, -0.25) is 0 Å². The van der Waals surface area contributed by atoms with Gasteiger partial charge in [0.25, 0.3) is 0 Å². The van der Waals surface area contributed by atoms with E-state index in [0.29, 0.717) is 4.90 Å². The molecule has 1 unspecified atom stereocenters. The number of hydrogen-bond acceptors (Lipinski definition) is 3. The van der Waals surface area contributed by atoms with Gasteiger partial charge in [-0.2, -0.15) is 0 Å². The number of ether oxygens (including phenoxy) is 1. The van der Waals surface area contributed by atoms with Gasteiger partial charge in [-0.05, 0) is 24.6 Å². The molecule has 15 heavy (non-hydrogen) atoms. The summed E-state index contributed by atoms with van der Waals surface area (Å²) in [6.07, 6.45) is 2.20. The Morgan fingerprint density at radius 3 is 2.13 bits per heavy atom. The highest BCUT2D eigenvalue weighted by molar-refractivity contribution is 7.90. The summed E-state index contributed by atoms with van der Waals surface area (Å²) in [5.41, 5.74) is 0.830. The lowest BCUT2D eigenvalue weighted by Gasteiger charge is -2.39. The van der Waals surface area contributed by atoms with Crippen molar-refractivity contribution in [3.63, 3.8) is 0 Å². The third-order valence-electron chi connectivity index (χ3n) is 2.89. The van der Waals surface area contributed by atoms with Gasteiger partial charge in [0.1, 0.15) is 0 Å². The van der Waals surface area contributed by atoms with Gasteiger partial charge in [0, 0.05) is 12.7 Å². The largest absolute Gasteiger partial charge is 0.370 e. The zero-order valence-corrected chi connectivity index (χ0v) is 9.67. The highest BCUT2D eigenvalue weighted by Gasteiger charge is 2.34. The molecule has 2 rings (SSSR count). The molecule has 0 saturated carbocycles. The molecule has 0 radical (unpaired) electrons. The molecule has 0 amide bonds. The van der Waals surface area contributed by atoms with Gasteiger partial charge in [0.2, 0.25) is 0 Å². The van der Waals surface area contributed by atoms with Crippen LogP contribution in [-0.4, -0.2) is 21.3 Å². The molecule has 1 saturated heterocycles. The summed E-state index contributed by atoms with van der Waals surface area (Å²) in [7, 11) is -3.09. The number of sulfone groups is 1. The van der Waals surface area contributed by atoms with Crippen LogP contribution in [0.3, 0.4) is 0 Å². The standard InChI is InChI=1S/C11H14O3S/c1-11(7-8-14-11)9-3-5-10(6-4-9)15(2,12)13/h3-6H,7-8H2,1-2H3. The number of rotatable bonds is 2. The second kappa shape index (κ2) is 3.32. The van der Waals surface area contributed by atoms with Crippen molar-refractivity contribution in [1.82, 2.24) is 0 Å². The van der Waals surface area contributed by atoms with Gasteiger partial charge in [0.05, 0.1) is 17.1 Å². The summed E-state index contributed by atoms with van der Waals surface area (Å²) in [6, 6.07) is 6.93.